The predicted molar refractivity (Wildman–Crippen MR) is 126 cm³/mol. The fourth-order valence-corrected chi connectivity index (χ4v) is 4.57. The van der Waals surface area contributed by atoms with E-state index in [1.807, 2.05) is 42.5 Å². The predicted octanol–water partition coefficient (Wildman–Crippen LogP) is 5.46. The summed E-state index contributed by atoms with van der Waals surface area (Å²) < 4.78 is 0. The summed E-state index contributed by atoms with van der Waals surface area (Å²) in [5, 5.41) is 14.0. The van der Waals surface area contributed by atoms with Crippen LogP contribution in [0.5, 0.6) is 0 Å². The Kier molecular flexibility index (Phi) is 5.03. The molecule has 5 heteroatoms. The van der Waals surface area contributed by atoms with Crippen molar-refractivity contribution in [2.45, 2.75) is 6.54 Å². The molecular formula is C25H19N3OS. The number of hydrogen-bond donors (Lipinski definition) is 0. The smallest absolute Gasteiger partial charge is 0.239 e. The lowest BCUT2D eigenvalue weighted by Crippen LogP contribution is -2.28. The van der Waals surface area contributed by atoms with Crippen LogP contribution in [0.25, 0.3) is 21.5 Å². The van der Waals surface area contributed by atoms with Crippen molar-refractivity contribution in [3.8, 4) is 0 Å². The number of thioether (sulfide) groups is 1. The van der Waals surface area contributed by atoms with Gasteiger partial charge in [0.15, 0.2) is 5.17 Å². The molecule has 4 aromatic rings. The molecule has 0 unspecified atom stereocenters. The molecule has 0 aromatic heterocycles. The highest BCUT2D eigenvalue weighted by molar-refractivity contribution is 8.15. The molecule has 146 valence electrons. The summed E-state index contributed by atoms with van der Waals surface area (Å²) in [5.74, 6) is 0.458. The first-order valence-electron chi connectivity index (χ1n) is 9.78. The summed E-state index contributed by atoms with van der Waals surface area (Å²) in [6.45, 7) is 0.496. The summed E-state index contributed by atoms with van der Waals surface area (Å²) in [7, 11) is 0. The average molecular weight is 410 g/mol. The fraction of sp³-hybridized carbons (Fsp3) is 0.0800. The van der Waals surface area contributed by atoms with Crippen molar-refractivity contribution in [3.63, 3.8) is 0 Å². The van der Waals surface area contributed by atoms with E-state index in [0.29, 0.717) is 17.5 Å². The molecule has 1 aliphatic heterocycles. The van der Waals surface area contributed by atoms with E-state index in [9.17, 15) is 4.79 Å². The molecule has 1 saturated heterocycles. The minimum Gasteiger partial charge on any atom is -0.285 e. The van der Waals surface area contributed by atoms with Gasteiger partial charge in [0.1, 0.15) is 0 Å². The molecule has 1 aliphatic rings. The lowest BCUT2D eigenvalue weighted by atomic mass is 10.0. The number of amidine groups is 1. The lowest BCUT2D eigenvalue weighted by Gasteiger charge is -2.16. The van der Waals surface area contributed by atoms with E-state index >= 15 is 0 Å². The van der Waals surface area contributed by atoms with Gasteiger partial charge in [-0.25, -0.2) is 0 Å². The van der Waals surface area contributed by atoms with E-state index in [2.05, 4.69) is 52.7 Å². The summed E-state index contributed by atoms with van der Waals surface area (Å²) >= 11 is 1.43. The minimum absolute atomic E-state index is 0.0621. The van der Waals surface area contributed by atoms with Gasteiger partial charge in [0.05, 0.1) is 18.5 Å². The molecule has 0 aliphatic carbocycles. The van der Waals surface area contributed by atoms with Gasteiger partial charge in [-0.1, -0.05) is 96.7 Å². The van der Waals surface area contributed by atoms with Crippen molar-refractivity contribution in [2.24, 2.45) is 10.2 Å². The normalized spacial score (nSPS) is 15.8. The Morgan fingerprint density at radius 3 is 2.33 bits per heavy atom. The summed E-state index contributed by atoms with van der Waals surface area (Å²) in [5.41, 5.74) is 2.11. The van der Waals surface area contributed by atoms with Crippen LogP contribution >= 0.6 is 11.8 Å². The van der Waals surface area contributed by atoms with Crippen LogP contribution in [0.2, 0.25) is 0 Å². The standard InChI is InChI=1S/C25H19N3OS/c29-24-17-30-25(27-26-15-20-11-5-9-18-7-1-3-13-22(18)20)28(24)16-21-12-6-10-19-8-2-4-14-23(19)21/h1-15H,16-17H2/b26-15-,27-25+. The third kappa shape index (κ3) is 3.60. The van der Waals surface area contributed by atoms with Crippen LogP contribution in [-0.4, -0.2) is 27.9 Å². The number of fused-ring (bicyclic) bond motifs is 2. The molecule has 0 radical (unpaired) electrons. The molecule has 0 spiro atoms. The molecule has 1 heterocycles. The van der Waals surface area contributed by atoms with Crippen LogP contribution in [0.1, 0.15) is 11.1 Å². The molecule has 0 bridgehead atoms. The van der Waals surface area contributed by atoms with Gasteiger partial charge in [0.2, 0.25) is 5.91 Å². The van der Waals surface area contributed by atoms with Crippen LogP contribution < -0.4 is 0 Å². The molecule has 1 amide bonds. The largest absolute Gasteiger partial charge is 0.285 e. The Morgan fingerprint density at radius 1 is 0.833 bits per heavy atom. The van der Waals surface area contributed by atoms with E-state index < -0.39 is 0 Å². The monoisotopic (exact) mass is 409 g/mol. The first kappa shape index (κ1) is 18.6. The van der Waals surface area contributed by atoms with Crippen molar-refractivity contribution in [3.05, 3.63) is 96.1 Å². The first-order valence-corrected chi connectivity index (χ1v) is 10.8. The van der Waals surface area contributed by atoms with Crippen LogP contribution in [0.15, 0.2) is 95.1 Å². The Labute approximate surface area is 178 Å². The first-order chi connectivity index (χ1) is 14.8. The highest BCUT2D eigenvalue weighted by atomic mass is 32.2. The number of carbonyl (C=O) groups is 1. The molecule has 30 heavy (non-hydrogen) atoms. The number of carbonyl (C=O) groups excluding carboxylic acids is 1. The Balaban J connectivity index is 1.43. The molecule has 0 atom stereocenters. The van der Waals surface area contributed by atoms with E-state index in [0.717, 1.165) is 27.3 Å². The number of hydrogen-bond acceptors (Lipinski definition) is 4. The SMILES string of the molecule is O=C1CS/C(=N/N=C\c2cccc3ccccc23)N1Cc1cccc2ccccc12. The summed E-state index contributed by atoms with van der Waals surface area (Å²) in [4.78, 5) is 14.2. The van der Waals surface area contributed by atoms with Crippen LogP contribution in [0, 0.1) is 0 Å². The van der Waals surface area contributed by atoms with Crippen molar-refractivity contribution in [1.82, 2.24) is 4.90 Å². The third-order valence-corrected chi connectivity index (χ3v) is 6.18. The van der Waals surface area contributed by atoms with Gasteiger partial charge in [0.25, 0.3) is 0 Å². The van der Waals surface area contributed by atoms with Gasteiger partial charge in [-0.3, -0.25) is 9.69 Å². The van der Waals surface area contributed by atoms with Crippen molar-refractivity contribution in [2.75, 3.05) is 5.75 Å². The number of rotatable bonds is 4. The van der Waals surface area contributed by atoms with Gasteiger partial charge in [0, 0.05) is 5.56 Å². The van der Waals surface area contributed by atoms with E-state index in [1.165, 1.54) is 17.1 Å². The highest BCUT2D eigenvalue weighted by Gasteiger charge is 2.28. The Hall–Kier alpha value is -3.44. The Morgan fingerprint density at radius 2 is 1.50 bits per heavy atom. The molecule has 1 fully saturated rings. The molecule has 4 nitrogen and oxygen atoms in total. The zero-order chi connectivity index (χ0) is 20.3. The zero-order valence-electron chi connectivity index (χ0n) is 16.2. The van der Waals surface area contributed by atoms with E-state index in [1.54, 1.807) is 11.1 Å². The second-order valence-corrected chi connectivity index (χ2v) is 8.04. The van der Waals surface area contributed by atoms with Crippen molar-refractivity contribution >= 4 is 50.6 Å². The van der Waals surface area contributed by atoms with Gasteiger partial charge in [-0.2, -0.15) is 5.10 Å². The molecular weight excluding hydrogens is 390 g/mol. The lowest BCUT2D eigenvalue weighted by molar-refractivity contribution is -0.124. The summed E-state index contributed by atoms with van der Waals surface area (Å²) in [6.07, 6.45) is 1.76. The quantitative estimate of drug-likeness (QED) is 0.332. The molecule has 0 N–H and O–H groups in total. The maximum atomic E-state index is 12.5. The van der Waals surface area contributed by atoms with Crippen LogP contribution in [-0.2, 0) is 11.3 Å². The van der Waals surface area contributed by atoms with Crippen molar-refractivity contribution < 1.29 is 4.79 Å². The maximum Gasteiger partial charge on any atom is 0.239 e. The second kappa shape index (κ2) is 8.13. The number of nitrogens with zero attached hydrogens (tertiary/aromatic N) is 3. The summed E-state index contributed by atoms with van der Waals surface area (Å²) in [6, 6.07) is 28.7. The molecule has 4 aromatic carbocycles. The third-order valence-electron chi connectivity index (χ3n) is 5.23. The minimum atomic E-state index is 0.0621. The highest BCUT2D eigenvalue weighted by Crippen LogP contribution is 2.26. The number of benzene rings is 4. The maximum absolute atomic E-state index is 12.5. The molecule has 0 saturated carbocycles. The zero-order valence-corrected chi connectivity index (χ0v) is 17.0. The number of amides is 1. The van der Waals surface area contributed by atoms with Gasteiger partial charge >= 0.3 is 0 Å². The Bertz CT molecular complexity index is 1300. The van der Waals surface area contributed by atoms with Crippen LogP contribution in [0.3, 0.4) is 0 Å². The van der Waals surface area contributed by atoms with Crippen molar-refractivity contribution in [1.29, 1.82) is 0 Å². The molecule has 5 rings (SSSR count). The topological polar surface area (TPSA) is 45.0 Å². The van der Waals surface area contributed by atoms with Gasteiger partial charge in [-0.15, -0.1) is 5.10 Å². The van der Waals surface area contributed by atoms with E-state index in [4.69, 9.17) is 0 Å². The van der Waals surface area contributed by atoms with Gasteiger partial charge in [-0.05, 0) is 27.1 Å². The van der Waals surface area contributed by atoms with Gasteiger partial charge < -0.3 is 0 Å². The average Bonchev–Trinajstić information content (AvgIpc) is 3.13. The van der Waals surface area contributed by atoms with Crippen LogP contribution in [0.4, 0.5) is 0 Å². The second-order valence-electron chi connectivity index (χ2n) is 7.10. The fourth-order valence-electron chi connectivity index (χ4n) is 3.73. The van der Waals surface area contributed by atoms with E-state index in [-0.39, 0.29) is 5.91 Å².